The highest BCUT2D eigenvalue weighted by Gasteiger charge is 2.16. The van der Waals surface area contributed by atoms with Gasteiger partial charge in [0, 0.05) is 12.6 Å². The molecule has 0 aliphatic carbocycles. The maximum absolute atomic E-state index is 13.2. The minimum Gasteiger partial charge on any atom is -0.319 e. The second-order valence-electron chi connectivity index (χ2n) is 7.21. The smallest absolute Gasteiger partial charge is 0.279 e. The summed E-state index contributed by atoms with van der Waals surface area (Å²) in [5.74, 6) is -0.769. The van der Waals surface area contributed by atoms with Crippen LogP contribution in [0.5, 0.6) is 0 Å². The van der Waals surface area contributed by atoms with Crippen LogP contribution in [0.25, 0.3) is 21.7 Å². The van der Waals surface area contributed by atoms with E-state index < -0.39 is 5.91 Å². The van der Waals surface area contributed by atoms with Gasteiger partial charge in [-0.15, -0.1) is 0 Å². The van der Waals surface area contributed by atoms with E-state index in [1.54, 1.807) is 0 Å². The van der Waals surface area contributed by atoms with Gasteiger partial charge in [-0.25, -0.2) is 4.39 Å². The topological polar surface area (TPSA) is 34.4 Å². The first kappa shape index (κ1) is 20.0. The third-order valence-electron chi connectivity index (χ3n) is 5.14. The molecule has 3 aromatic carbocycles. The van der Waals surface area contributed by atoms with Crippen molar-refractivity contribution < 1.29 is 9.18 Å². The fraction of sp³-hybridized carbons (Fsp3) is 0.120. The third-order valence-corrected chi connectivity index (χ3v) is 6.32. The second kappa shape index (κ2) is 8.20. The molecule has 0 radical (unpaired) electrons. The molecule has 0 atom stereocenters. The van der Waals surface area contributed by atoms with Gasteiger partial charge in [0.25, 0.3) is 5.91 Å². The van der Waals surface area contributed by atoms with Gasteiger partial charge in [-0.05, 0) is 66.4 Å². The average molecular weight is 417 g/mol. The van der Waals surface area contributed by atoms with Crippen LogP contribution in [-0.4, -0.2) is 10.5 Å². The van der Waals surface area contributed by atoms with Crippen LogP contribution in [0, 0.1) is 19.7 Å². The molecule has 5 heteroatoms. The fourth-order valence-electron chi connectivity index (χ4n) is 3.30. The minimum atomic E-state index is -0.391. The number of rotatable bonds is 3. The van der Waals surface area contributed by atoms with E-state index in [0.717, 1.165) is 21.7 Å². The normalized spacial score (nSPS) is 11.7. The molecular weight excluding hydrogens is 395 g/mol. The standard InChI is InChI=1S/C25H21FN2OS/c1-16-9-10-20(15-17(16)2)22-23(18-7-5-4-6-8-18)30-25(28(22)3)27-24(29)19-11-13-21(26)14-12-19/h4-15H,1-3H3. The molecule has 4 aromatic rings. The van der Waals surface area contributed by atoms with E-state index in [0.29, 0.717) is 10.4 Å². The van der Waals surface area contributed by atoms with Gasteiger partial charge in [0.15, 0.2) is 4.80 Å². The van der Waals surface area contributed by atoms with Gasteiger partial charge in [0.1, 0.15) is 5.82 Å². The monoisotopic (exact) mass is 416 g/mol. The average Bonchev–Trinajstić information content (AvgIpc) is 3.07. The summed E-state index contributed by atoms with van der Waals surface area (Å²) in [5, 5.41) is 0. The molecule has 150 valence electrons. The zero-order valence-corrected chi connectivity index (χ0v) is 17.8. The highest BCUT2D eigenvalue weighted by atomic mass is 32.1. The SMILES string of the molecule is Cc1ccc(-c2c(-c3ccccc3)sc(=NC(=O)c3ccc(F)cc3)n2C)cc1C. The molecule has 0 unspecified atom stereocenters. The van der Waals surface area contributed by atoms with E-state index in [1.807, 2.05) is 29.8 Å². The maximum atomic E-state index is 13.2. The number of hydrogen-bond donors (Lipinski definition) is 0. The summed E-state index contributed by atoms with van der Waals surface area (Å²) in [4.78, 5) is 18.7. The molecule has 0 saturated carbocycles. The molecular formula is C25H21FN2OS. The van der Waals surface area contributed by atoms with Crippen molar-refractivity contribution in [2.24, 2.45) is 12.0 Å². The van der Waals surface area contributed by atoms with Crippen LogP contribution in [0.4, 0.5) is 4.39 Å². The number of benzene rings is 3. The van der Waals surface area contributed by atoms with Gasteiger partial charge < -0.3 is 4.57 Å². The van der Waals surface area contributed by atoms with Crippen LogP contribution in [0.1, 0.15) is 21.5 Å². The largest absolute Gasteiger partial charge is 0.319 e. The van der Waals surface area contributed by atoms with Crippen molar-refractivity contribution in [2.75, 3.05) is 0 Å². The molecule has 0 spiro atoms. The second-order valence-corrected chi connectivity index (χ2v) is 8.19. The zero-order valence-electron chi connectivity index (χ0n) is 17.0. The first-order chi connectivity index (χ1) is 14.4. The van der Waals surface area contributed by atoms with Crippen LogP contribution in [0.15, 0.2) is 77.8 Å². The van der Waals surface area contributed by atoms with Gasteiger partial charge >= 0.3 is 0 Å². The number of aryl methyl sites for hydroxylation is 2. The Morgan fingerprint density at radius 1 is 0.900 bits per heavy atom. The minimum absolute atomic E-state index is 0.360. The molecule has 0 N–H and O–H groups in total. The van der Waals surface area contributed by atoms with Gasteiger partial charge in [-0.1, -0.05) is 53.8 Å². The van der Waals surface area contributed by atoms with E-state index in [2.05, 4.69) is 49.2 Å². The lowest BCUT2D eigenvalue weighted by Crippen LogP contribution is -2.14. The molecule has 0 aliphatic rings. The predicted molar refractivity (Wildman–Crippen MR) is 120 cm³/mol. The lowest BCUT2D eigenvalue weighted by Gasteiger charge is -2.09. The zero-order chi connectivity index (χ0) is 21.3. The summed E-state index contributed by atoms with van der Waals surface area (Å²) in [5.41, 5.74) is 5.96. The van der Waals surface area contributed by atoms with Crippen LogP contribution in [0.2, 0.25) is 0 Å². The maximum Gasteiger partial charge on any atom is 0.279 e. The summed E-state index contributed by atoms with van der Waals surface area (Å²) < 4.78 is 15.1. The number of carbonyl (C=O) groups excluding carboxylic acids is 1. The number of aromatic nitrogens is 1. The van der Waals surface area contributed by atoms with Crippen LogP contribution in [-0.2, 0) is 7.05 Å². The Morgan fingerprint density at radius 2 is 1.60 bits per heavy atom. The molecule has 4 rings (SSSR count). The molecule has 1 amide bonds. The third kappa shape index (κ3) is 3.89. The van der Waals surface area contributed by atoms with E-state index in [4.69, 9.17) is 0 Å². The van der Waals surface area contributed by atoms with Crippen molar-refractivity contribution in [3.63, 3.8) is 0 Å². The van der Waals surface area contributed by atoms with Gasteiger partial charge in [0.05, 0.1) is 10.6 Å². The van der Waals surface area contributed by atoms with Crippen molar-refractivity contribution in [3.8, 4) is 21.7 Å². The fourth-order valence-corrected chi connectivity index (χ4v) is 4.44. The van der Waals surface area contributed by atoms with Crippen LogP contribution >= 0.6 is 11.3 Å². The number of halogens is 1. The lowest BCUT2D eigenvalue weighted by atomic mass is 10.0. The summed E-state index contributed by atoms with van der Waals surface area (Å²) >= 11 is 1.47. The molecule has 30 heavy (non-hydrogen) atoms. The molecule has 3 nitrogen and oxygen atoms in total. The lowest BCUT2D eigenvalue weighted by molar-refractivity contribution is 0.0998. The van der Waals surface area contributed by atoms with E-state index in [1.165, 1.54) is 46.7 Å². The Bertz CT molecular complexity index is 1290. The molecule has 1 aromatic heterocycles. The van der Waals surface area contributed by atoms with E-state index in [9.17, 15) is 9.18 Å². The van der Waals surface area contributed by atoms with Crippen molar-refractivity contribution in [1.29, 1.82) is 0 Å². The van der Waals surface area contributed by atoms with Gasteiger partial charge in [-0.3, -0.25) is 4.79 Å². The Balaban J connectivity index is 1.91. The molecule has 0 bridgehead atoms. The summed E-state index contributed by atoms with van der Waals surface area (Å²) in [6, 6.07) is 21.9. The van der Waals surface area contributed by atoms with Crippen LogP contribution < -0.4 is 4.80 Å². The Morgan fingerprint density at radius 3 is 2.27 bits per heavy atom. The molecule has 0 fully saturated rings. The quantitative estimate of drug-likeness (QED) is 0.408. The predicted octanol–water partition coefficient (Wildman–Crippen LogP) is 5.92. The highest BCUT2D eigenvalue weighted by Crippen LogP contribution is 2.35. The number of thiazole rings is 1. The summed E-state index contributed by atoms with van der Waals surface area (Å²) in [7, 11) is 1.92. The first-order valence-electron chi connectivity index (χ1n) is 9.61. The van der Waals surface area contributed by atoms with Crippen molar-refractivity contribution in [1.82, 2.24) is 4.57 Å². The van der Waals surface area contributed by atoms with Crippen molar-refractivity contribution in [2.45, 2.75) is 13.8 Å². The number of hydrogen-bond acceptors (Lipinski definition) is 2. The highest BCUT2D eigenvalue weighted by molar-refractivity contribution is 7.13. The Labute approximate surface area is 178 Å². The number of carbonyl (C=O) groups is 1. The molecule has 1 heterocycles. The van der Waals surface area contributed by atoms with Gasteiger partial charge in [-0.2, -0.15) is 4.99 Å². The summed E-state index contributed by atoms with van der Waals surface area (Å²) in [6.45, 7) is 4.18. The molecule has 0 saturated heterocycles. The van der Waals surface area contributed by atoms with Gasteiger partial charge in [0.2, 0.25) is 0 Å². The van der Waals surface area contributed by atoms with Crippen LogP contribution in [0.3, 0.4) is 0 Å². The first-order valence-corrected chi connectivity index (χ1v) is 10.4. The molecule has 0 aliphatic heterocycles. The van der Waals surface area contributed by atoms with E-state index >= 15 is 0 Å². The van der Waals surface area contributed by atoms with Crippen molar-refractivity contribution >= 4 is 17.2 Å². The summed E-state index contributed by atoms with van der Waals surface area (Å²) in [6.07, 6.45) is 0. The Kier molecular flexibility index (Phi) is 5.46. The van der Waals surface area contributed by atoms with Crippen molar-refractivity contribution in [3.05, 3.63) is 100 Å². The number of amides is 1. The number of nitrogens with zero attached hydrogens (tertiary/aromatic N) is 2. The Hall–Kier alpha value is -3.31. The van der Waals surface area contributed by atoms with E-state index in [-0.39, 0.29) is 5.82 Å².